The van der Waals surface area contributed by atoms with E-state index in [0.717, 1.165) is 24.8 Å². The molecule has 1 aliphatic heterocycles. The molecule has 5 nitrogen and oxygen atoms in total. The Hall–Kier alpha value is -1.88. The Kier molecular flexibility index (Phi) is 3.22. The zero-order valence-corrected chi connectivity index (χ0v) is 11.5. The lowest BCUT2D eigenvalue weighted by Crippen LogP contribution is -2.33. The second kappa shape index (κ2) is 4.90. The van der Waals surface area contributed by atoms with Gasteiger partial charge < -0.3 is 10.5 Å². The Labute approximate surface area is 117 Å². The molecule has 1 heterocycles. The smallest absolute Gasteiger partial charge is 0.237 e. The summed E-state index contributed by atoms with van der Waals surface area (Å²) in [6.07, 6.45) is 2.56. The fourth-order valence-corrected chi connectivity index (χ4v) is 3.36. The third kappa shape index (κ3) is 1.73. The first-order valence-electron chi connectivity index (χ1n) is 6.92. The predicted octanol–water partition coefficient (Wildman–Crippen LogP) is 1.44. The van der Waals surface area contributed by atoms with Crippen LogP contribution in [-0.4, -0.2) is 18.9 Å². The molecular weight excluding hydrogens is 256 g/mol. The lowest BCUT2D eigenvalue weighted by atomic mass is 10.00. The van der Waals surface area contributed by atoms with Crippen LogP contribution >= 0.6 is 0 Å². The second-order valence-electron chi connectivity index (χ2n) is 5.33. The van der Waals surface area contributed by atoms with E-state index in [0.29, 0.717) is 11.4 Å². The molecule has 20 heavy (non-hydrogen) atoms. The highest BCUT2D eigenvalue weighted by molar-refractivity contribution is 6.23. The van der Waals surface area contributed by atoms with Crippen LogP contribution in [0.2, 0.25) is 0 Å². The van der Waals surface area contributed by atoms with E-state index in [1.165, 1.54) is 12.0 Å². The monoisotopic (exact) mass is 274 g/mol. The summed E-state index contributed by atoms with van der Waals surface area (Å²) >= 11 is 0. The van der Waals surface area contributed by atoms with Crippen LogP contribution in [0.4, 0.5) is 5.69 Å². The van der Waals surface area contributed by atoms with E-state index < -0.39 is 0 Å². The molecule has 106 valence electrons. The lowest BCUT2D eigenvalue weighted by Gasteiger charge is -2.21. The van der Waals surface area contributed by atoms with E-state index in [1.807, 2.05) is 12.1 Å². The molecule has 1 aromatic rings. The van der Waals surface area contributed by atoms with Gasteiger partial charge in [-0.3, -0.25) is 9.59 Å². The molecule has 2 N–H and O–H groups in total. The van der Waals surface area contributed by atoms with Gasteiger partial charge in [0, 0.05) is 6.54 Å². The molecule has 0 bridgehead atoms. The highest BCUT2D eigenvalue weighted by atomic mass is 16.5. The maximum Gasteiger partial charge on any atom is 0.237 e. The van der Waals surface area contributed by atoms with Crippen LogP contribution < -0.4 is 15.4 Å². The summed E-state index contributed by atoms with van der Waals surface area (Å²) in [6.45, 7) is 0.263. The second-order valence-corrected chi connectivity index (χ2v) is 5.33. The van der Waals surface area contributed by atoms with Gasteiger partial charge in [0.1, 0.15) is 5.75 Å². The van der Waals surface area contributed by atoms with Crippen molar-refractivity contribution in [2.24, 2.45) is 17.6 Å². The average molecular weight is 274 g/mol. The number of rotatable bonds is 3. The zero-order chi connectivity index (χ0) is 14.3. The Bertz CT molecular complexity index is 526. The molecule has 0 radical (unpaired) electrons. The van der Waals surface area contributed by atoms with Gasteiger partial charge in [-0.05, 0) is 24.5 Å². The molecule has 2 aliphatic rings. The van der Waals surface area contributed by atoms with E-state index in [-0.39, 0.29) is 30.2 Å². The molecule has 1 saturated carbocycles. The number of ether oxygens (including phenoxy) is 1. The maximum absolute atomic E-state index is 12.5. The van der Waals surface area contributed by atoms with Crippen LogP contribution in [0, 0.1) is 11.8 Å². The quantitative estimate of drug-likeness (QED) is 0.847. The predicted molar refractivity (Wildman–Crippen MR) is 74.2 cm³/mol. The van der Waals surface area contributed by atoms with Crippen molar-refractivity contribution < 1.29 is 14.3 Å². The number of methoxy groups -OCH3 is 1. The van der Waals surface area contributed by atoms with Crippen molar-refractivity contribution in [1.82, 2.24) is 0 Å². The molecule has 1 saturated heterocycles. The van der Waals surface area contributed by atoms with Gasteiger partial charge in [-0.2, -0.15) is 0 Å². The highest BCUT2D eigenvalue weighted by Gasteiger charge is 2.51. The summed E-state index contributed by atoms with van der Waals surface area (Å²) in [4.78, 5) is 26.4. The SMILES string of the molecule is COc1cccc(CN)c1N1C(=O)C2CCCC2C1=O. The number of para-hydroxylation sites is 1. The van der Waals surface area contributed by atoms with Gasteiger partial charge in [-0.1, -0.05) is 18.6 Å². The number of carbonyl (C=O) groups is 2. The Morgan fingerprint density at radius 1 is 1.25 bits per heavy atom. The Morgan fingerprint density at radius 3 is 2.45 bits per heavy atom. The fraction of sp³-hybridized carbons (Fsp3) is 0.467. The number of hydrogen-bond donors (Lipinski definition) is 1. The average Bonchev–Trinajstić information content (AvgIpc) is 3.03. The molecule has 5 heteroatoms. The van der Waals surface area contributed by atoms with Crippen molar-refractivity contribution >= 4 is 17.5 Å². The molecule has 2 fully saturated rings. The van der Waals surface area contributed by atoms with Crippen LogP contribution in [0.3, 0.4) is 0 Å². The van der Waals surface area contributed by atoms with Crippen LogP contribution in [0.5, 0.6) is 5.75 Å². The van der Waals surface area contributed by atoms with Crippen LogP contribution in [0.1, 0.15) is 24.8 Å². The number of nitrogens with two attached hydrogens (primary N) is 1. The lowest BCUT2D eigenvalue weighted by molar-refractivity contribution is -0.122. The fourth-order valence-electron chi connectivity index (χ4n) is 3.36. The first-order chi connectivity index (χ1) is 9.69. The van der Waals surface area contributed by atoms with Crippen molar-refractivity contribution in [3.8, 4) is 5.75 Å². The van der Waals surface area contributed by atoms with E-state index >= 15 is 0 Å². The number of nitrogens with zero attached hydrogens (tertiary/aromatic N) is 1. The molecule has 1 aromatic carbocycles. The van der Waals surface area contributed by atoms with E-state index in [4.69, 9.17) is 10.5 Å². The number of benzene rings is 1. The van der Waals surface area contributed by atoms with Gasteiger partial charge in [0.25, 0.3) is 0 Å². The van der Waals surface area contributed by atoms with Crippen molar-refractivity contribution in [2.75, 3.05) is 12.0 Å². The third-order valence-corrected chi connectivity index (χ3v) is 4.34. The van der Waals surface area contributed by atoms with Crippen LogP contribution in [-0.2, 0) is 16.1 Å². The highest BCUT2D eigenvalue weighted by Crippen LogP contribution is 2.44. The van der Waals surface area contributed by atoms with Gasteiger partial charge in [0.15, 0.2) is 0 Å². The first-order valence-corrected chi connectivity index (χ1v) is 6.92. The topological polar surface area (TPSA) is 72.6 Å². The molecule has 3 rings (SSSR count). The van der Waals surface area contributed by atoms with Crippen molar-refractivity contribution in [3.63, 3.8) is 0 Å². The summed E-state index contributed by atoms with van der Waals surface area (Å²) in [5.74, 6) is 0.0131. The van der Waals surface area contributed by atoms with Crippen LogP contribution in [0.15, 0.2) is 18.2 Å². The number of hydrogen-bond acceptors (Lipinski definition) is 4. The van der Waals surface area contributed by atoms with Crippen molar-refractivity contribution in [3.05, 3.63) is 23.8 Å². The molecular formula is C15H18N2O3. The van der Waals surface area contributed by atoms with Gasteiger partial charge in [0.2, 0.25) is 11.8 Å². The molecule has 2 amide bonds. The Morgan fingerprint density at radius 2 is 1.90 bits per heavy atom. The summed E-state index contributed by atoms with van der Waals surface area (Å²) in [6, 6.07) is 5.39. The summed E-state index contributed by atoms with van der Waals surface area (Å²) in [5.41, 5.74) is 7.03. The van der Waals surface area contributed by atoms with E-state index in [1.54, 1.807) is 6.07 Å². The summed E-state index contributed by atoms with van der Waals surface area (Å²) in [7, 11) is 1.53. The van der Waals surface area contributed by atoms with Gasteiger partial charge in [-0.15, -0.1) is 0 Å². The maximum atomic E-state index is 12.5. The molecule has 2 atom stereocenters. The minimum atomic E-state index is -0.155. The van der Waals surface area contributed by atoms with Gasteiger partial charge in [0.05, 0.1) is 24.6 Å². The number of amides is 2. The summed E-state index contributed by atoms with van der Waals surface area (Å²) in [5, 5.41) is 0. The normalized spacial score (nSPS) is 25.2. The van der Waals surface area contributed by atoms with E-state index in [2.05, 4.69) is 0 Å². The summed E-state index contributed by atoms with van der Waals surface area (Å²) < 4.78 is 5.32. The standard InChI is InChI=1S/C15H18N2O3/c1-20-12-7-2-4-9(8-16)13(12)17-14(18)10-5-3-6-11(10)15(17)19/h2,4,7,10-11H,3,5-6,8,16H2,1H3. The number of anilines is 1. The molecule has 2 unspecified atom stereocenters. The van der Waals surface area contributed by atoms with E-state index in [9.17, 15) is 9.59 Å². The molecule has 0 aromatic heterocycles. The zero-order valence-electron chi connectivity index (χ0n) is 11.5. The van der Waals surface area contributed by atoms with Crippen molar-refractivity contribution in [2.45, 2.75) is 25.8 Å². The number of carbonyl (C=O) groups excluding carboxylic acids is 2. The first kappa shape index (κ1) is 13.1. The third-order valence-electron chi connectivity index (χ3n) is 4.34. The van der Waals surface area contributed by atoms with Gasteiger partial charge >= 0.3 is 0 Å². The van der Waals surface area contributed by atoms with Crippen LogP contribution in [0.25, 0.3) is 0 Å². The minimum absolute atomic E-state index is 0.100. The minimum Gasteiger partial charge on any atom is -0.495 e. The van der Waals surface area contributed by atoms with Crippen molar-refractivity contribution in [1.29, 1.82) is 0 Å². The number of imide groups is 1. The van der Waals surface area contributed by atoms with Gasteiger partial charge in [-0.25, -0.2) is 4.90 Å². The molecule has 1 aliphatic carbocycles. The molecule has 0 spiro atoms. The number of fused-ring (bicyclic) bond motifs is 1. The Balaban J connectivity index is 2.09. The largest absolute Gasteiger partial charge is 0.495 e.